The molecule has 0 bridgehead atoms. The molecule has 0 aliphatic rings. The van der Waals surface area contributed by atoms with Crippen LogP contribution in [0.5, 0.6) is 0 Å². The predicted molar refractivity (Wildman–Crippen MR) is 77.5 cm³/mol. The van der Waals surface area contributed by atoms with Crippen LogP contribution in [0.3, 0.4) is 0 Å². The van der Waals surface area contributed by atoms with Gasteiger partial charge < -0.3 is 5.32 Å². The van der Waals surface area contributed by atoms with Gasteiger partial charge in [-0.05, 0) is 51.4 Å². The van der Waals surface area contributed by atoms with Gasteiger partial charge in [-0.2, -0.15) is 0 Å². The summed E-state index contributed by atoms with van der Waals surface area (Å²) in [6, 6.07) is 8.54. The van der Waals surface area contributed by atoms with Crippen LogP contribution in [0.2, 0.25) is 0 Å². The van der Waals surface area contributed by atoms with Gasteiger partial charge in [0.25, 0.3) is 0 Å². The van der Waals surface area contributed by atoms with Crippen LogP contribution in [0.4, 0.5) is 0 Å². The van der Waals surface area contributed by atoms with E-state index >= 15 is 0 Å². The molecule has 19 heavy (non-hydrogen) atoms. The lowest BCUT2D eigenvalue weighted by molar-refractivity contribution is 0.555. The van der Waals surface area contributed by atoms with Gasteiger partial charge in [-0.15, -0.1) is 5.10 Å². The summed E-state index contributed by atoms with van der Waals surface area (Å²) >= 11 is 0. The van der Waals surface area contributed by atoms with Crippen molar-refractivity contribution in [3.63, 3.8) is 0 Å². The van der Waals surface area contributed by atoms with Crippen LogP contribution < -0.4 is 5.32 Å². The van der Waals surface area contributed by atoms with Gasteiger partial charge in [0.15, 0.2) is 0 Å². The summed E-state index contributed by atoms with van der Waals surface area (Å²) < 4.78 is 1.91. The molecule has 0 fully saturated rings. The van der Waals surface area contributed by atoms with E-state index in [-0.39, 0.29) is 6.04 Å². The van der Waals surface area contributed by atoms with E-state index < -0.39 is 0 Å². The molecular formula is C15H22N4. The minimum absolute atomic E-state index is 0.235. The number of rotatable bonds is 5. The normalized spacial score (nSPS) is 12.6. The van der Waals surface area contributed by atoms with Crippen LogP contribution in [0.1, 0.15) is 43.3 Å². The summed E-state index contributed by atoms with van der Waals surface area (Å²) in [5.74, 6) is 0. The molecule has 0 spiro atoms. The molecule has 4 heteroatoms. The van der Waals surface area contributed by atoms with Crippen molar-refractivity contribution in [3.05, 3.63) is 41.2 Å². The number of benzene rings is 1. The van der Waals surface area contributed by atoms with Crippen molar-refractivity contribution >= 4 is 0 Å². The number of nitrogens with zero attached hydrogens (tertiary/aromatic N) is 3. The second-order valence-corrected chi connectivity index (χ2v) is 4.99. The Hall–Kier alpha value is -1.68. The Morgan fingerprint density at radius 3 is 2.79 bits per heavy atom. The summed E-state index contributed by atoms with van der Waals surface area (Å²) in [6.07, 6.45) is 1.12. The Balaban J connectivity index is 2.27. The van der Waals surface area contributed by atoms with E-state index in [0.29, 0.717) is 0 Å². The van der Waals surface area contributed by atoms with Crippen LogP contribution >= 0.6 is 0 Å². The van der Waals surface area contributed by atoms with Gasteiger partial charge in [-0.1, -0.05) is 24.3 Å². The zero-order valence-corrected chi connectivity index (χ0v) is 12.1. The molecule has 4 nitrogen and oxygen atoms in total. The highest BCUT2D eigenvalue weighted by Gasteiger charge is 2.15. The van der Waals surface area contributed by atoms with Crippen molar-refractivity contribution < 1.29 is 0 Å². The molecule has 2 aromatic rings. The van der Waals surface area contributed by atoms with Gasteiger partial charge in [0.1, 0.15) is 5.69 Å². The molecule has 1 unspecified atom stereocenters. The third kappa shape index (κ3) is 3.01. The van der Waals surface area contributed by atoms with E-state index in [9.17, 15) is 0 Å². The molecule has 1 heterocycles. The summed E-state index contributed by atoms with van der Waals surface area (Å²) in [4.78, 5) is 0. The summed E-state index contributed by atoms with van der Waals surface area (Å²) in [5, 5.41) is 12.1. The third-order valence-electron chi connectivity index (χ3n) is 3.29. The Morgan fingerprint density at radius 2 is 2.11 bits per heavy atom. The summed E-state index contributed by atoms with van der Waals surface area (Å²) in [6.45, 7) is 9.45. The molecule has 0 saturated carbocycles. The molecule has 0 amide bonds. The maximum absolute atomic E-state index is 4.33. The van der Waals surface area contributed by atoms with Gasteiger partial charge in [-0.25, -0.2) is 4.68 Å². The number of hydrogen-bond acceptors (Lipinski definition) is 3. The molecule has 2 rings (SSSR count). The van der Waals surface area contributed by atoms with Crippen molar-refractivity contribution in [1.82, 2.24) is 20.3 Å². The lowest BCUT2D eigenvalue weighted by Gasteiger charge is -2.11. The second kappa shape index (κ2) is 5.97. The molecule has 1 N–H and O–H groups in total. The molecule has 1 atom stereocenters. The largest absolute Gasteiger partial charge is 0.309 e. The average Bonchev–Trinajstić information content (AvgIpc) is 2.78. The van der Waals surface area contributed by atoms with E-state index in [1.807, 2.05) is 10.7 Å². The zero-order chi connectivity index (χ0) is 13.8. The van der Waals surface area contributed by atoms with Crippen LogP contribution in [0.15, 0.2) is 24.3 Å². The average molecular weight is 258 g/mol. The first kappa shape index (κ1) is 13.7. The van der Waals surface area contributed by atoms with E-state index in [2.05, 4.69) is 61.5 Å². The number of aromatic nitrogens is 3. The van der Waals surface area contributed by atoms with Crippen molar-refractivity contribution in [2.24, 2.45) is 0 Å². The summed E-state index contributed by atoms with van der Waals surface area (Å²) in [7, 11) is 0. The number of nitrogens with one attached hydrogen (secondary N) is 1. The highest BCUT2D eigenvalue weighted by atomic mass is 15.4. The maximum Gasteiger partial charge on any atom is 0.103 e. The molecular weight excluding hydrogens is 236 g/mol. The standard InChI is InChI=1S/C15H22N4/c1-5-9-16-12(3)15-13(4)19(18-17-15)14-8-6-7-11(2)10-14/h6-8,10,12,16H,5,9H2,1-4H3. The zero-order valence-electron chi connectivity index (χ0n) is 12.1. The first-order valence-electron chi connectivity index (χ1n) is 6.86. The lowest BCUT2D eigenvalue weighted by atomic mass is 10.2. The lowest BCUT2D eigenvalue weighted by Crippen LogP contribution is -2.20. The van der Waals surface area contributed by atoms with E-state index in [4.69, 9.17) is 0 Å². The molecule has 1 aromatic carbocycles. The van der Waals surface area contributed by atoms with Crippen LogP contribution in [-0.4, -0.2) is 21.5 Å². The predicted octanol–water partition coefficient (Wildman–Crippen LogP) is 2.94. The number of aryl methyl sites for hydroxylation is 1. The Kier molecular flexibility index (Phi) is 4.32. The molecule has 0 saturated heterocycles. The monoisotopic (exact) mass is 258 g/mol. The smallest absolute Gasteiger partial charge is 0.103 e. The third-order valence-corrected chi connectivity index (χ3v) is 3.29. The first-order chi connectivity index (χ1) is 9.13. The minimum Gasteiger partial charge on any atom is -0.309 e. The Labute approximate surface area is 114 Å². The van der Waals surface area contributed by atoms with E-state index in [1.54, 1.807) is 0 Å². The van der Waals surface area contributed by atoms with Gasteiger partial charge in [0.2, 0.25) is 0 Å². The van der Waals surface area contributed by atoms with Crippen LogP contribution in [0, 0.1) is 13.8 Å². The molecule has 0 aliphatic heterocycles. The second-order valence-electron chi connectivity index (χ2n) is 4.99. The minimum atomic E-state index is 0.235. The molecule has 102 valence electrons. The Morgan fingerprint density at radius 1 is 1.32 bits per heavy atom. The van der Waals surface area contributed by atoms with Crippen LogP contribution in [0.25, 0.3) is 5.69 Å². The molecule has 0 aliphatic carbocycles. The summed E-state index contributed by atoms with van der Waals surface area (Å²) in [5.41, 5.74) is 4.42. The highest BCUT2D eigenvalue weighted by Crippen LogP contribution is 2.18. The molecule has 1 aromatic heterocycles. The SMILES string of the molecule is CCCNC(C)c1nnn(-c2cccc(C)c2)c1C. The fraction of sp³-hybridized carbons (Fsp3) is 0.467. The van der Waals surface area contributed by atoms with E-state index in [1.165, 1.54) is 5.56 Å². The van der Waals surface area contributed by atoms with Gasteiger partial charge in [0.05, 0.1) is 17.4 Å². The van der Waals surface area contributed by atoms with Crippen molar-refractivity contribution in [2.45, 2.75) is 40.2 Å². The first-order valence-corrected chi connectivity index (χ1v) is 6.86. The van der Waals surface area contributed by atoms with Crippen LogP contribution in [-0.2, 0) is 0 Å². The fourth-order valence-corrected chi connectivity index (χ4v) is 2.20. The van der Waals surface area contributed by atoms with Gasteiger partial charge >= 0.3 is 0 Å². The van der Waals surface area contributed by atoms with Crippen molar-refractivity contribution in [3.8, 4) is 5.69 Å². The number of hydrogen-bond donors (Lipinski definition) is 1. The van der Waals surface area contributed by atoms with Crippen molar-refractivity contribution in [1.29, 1.82) is 0 Å². The fourth-order valence-electron chi connectivity index (χ4n) is 2.20. The quantitative estimate of drug-likeness (QED) is 0.896. The highest BCUT2D eigenvalue weighted by molar-refractivity contribution is 5.36. The van der Waals surface area contributed by atoms with Crippen molar-refractivity contribution in [2.75, 3.05) is 6.54 Å². The molecule has 0 radical (unpaired) electrons. The Bertz CT molecular complexity index is 545. The topological polar surface area (TPSA) is 42.7 Å². The van der Waals surface area contributed by atoms with Gasteiger partial charge in [0, 0.05) is 0 Å². The maximum atomic E-state index is 4.33. The van der Waals surface area contributed by atoms with E-state index in [0.717, 1.165) is 30.0 Å². The van der Waals surface area contributed by atoms with Gasteiger partial charge in [-0.3, -0.25) is 0 Å².